The van der Waals surface area contributed by atoms with Crippen molar-refractivity contribution >= 4 is 18.4 Å². The molecule has 0 unspecified atom stereocenters. The number of ketones is 1. The molecule has 2 heterocycles. The van der Waals surface area contributed by atoms with Gasteiger partial charge in [0.25, 0.3) is 0 Å². The van der Waals surface area contributed by atoms with E-state index in [0.717, 1.165) is 16.7 Å². The van der Waals surface area contributed by atoms with Crippen molar-refractivity contribution in [1.29, 1.82) is 0 Å². The van der Waals surface area contributed by atoms with Gasteiger partial charge in [-0.1, -0.05) is 36.4 Å². The molecule has 3 aromatic rings. The van der Waals surface area contributed by atoms with E-state index in [1.54, 1.807) is 12.3 Å². The second-order valence-electron chi connectivity index (χ2n) is 5.55. The highest BCUT2D eigenvalue weighted by atomic mass is 16.5. The maximum Gasteiger partial charge on any atom is 0.491 e. The minimum atomic E-state index is -0.870. The zero-order chi connectivity index (χ0) is 15.8. The lowest BCUT2D eigenvalue weighted by Gasteiger charge is -2.06. The van der Waals surface area contributed by atoms with E-state index in [0.29, 0.717) is 17.7 Å². The van der Waals surface area contributed by atoms with Gasteiger partial charge in [0.15, 0.2) is 5.78 Å². The van der Waals surface area contributed by atoms with Gasteiger partial charge in [0, 0.05) is 29.2 Å². The molecule has 0 atom stereocenters. The molecule has 0 aliphatic carbocycles. The summed E-state index contributed by atoms with van der Waals surface area (Å²) in [6.07, 6.45) is 3.65. The number of hydrogen-bond donors (Lipinski definition) is 1. The fourth-order valence-corrected chi connectivity index (χ4v) is 2.81. The van der Waals surface area contributed by atoms with Gasteiger partial charge in [-0.05, 0) is 29.2 Å². The number of nitrogens with zero attached hydrogens (tertiary/aromatic N) is 1. The molecule has 0 saturated heterocycles. The van der Waals surface area contributed by atoms with E-state index >= 15 is 0 Å². The largest absolute Gasteiger partial charge is 0.491 e. The minimum absolute atomic E-state index is 0.00567. The minimum Gasteiger partial charge on any atom is -0.423 e. The van der Waals surface area contributed by atoms with E-state index in [2.05, 4.69) is 0 Å². The number of carbonyl (C=O) groups is 1. The van der Waals surface area contributed by atoms with Crippen molar-refractivity contribution in [2.75, 3.05) is 0 Å². The zero-order valence-corrected chi connectivity index (χ0v) is 12.3. The van der Waals surface area contributed by atoms with Crippen molar-refractivity contribution < 1.29 is 14.5 Å². The van der Waals surface area contributed by atoms with Crippen molar-refractivity contribution in [3.63, 3.8) is 0 Å². The summed E-state index contributed by atoms with van der Waals surface area (Å²) in [5, 5.41) is 9.81. The van der Waals surface area contributed by atoms with Gasteiger partial charge in [0.1, 0.15) is 0 Å². The van der Waals surface area contributed by atoms with E-state index in [1.807, 2.05) is 59.3 Å². The van der Waals surface area contributed by atoms with Gasteiger partial charge in [0.2, 0.25) is 0 Å². The highest BCUT2D eigenvalue weighted by Crippen LogP contribution is 2.17. The molecule has 5 heteroatoms. The van der Waals surface area contributed by atoms with Crippen LogP contribution in [0.4, 0.5) is 0 Å². The first-order valence-corrected chi connectivity index (χ1v) is 7.43. The molecule has 23 heavy (non-hydrogen) atoms. The fourth-order valence-electron chi connectivity index (χ4n) is 2.81. The Morgan fingerprint density at radius 1 is 1.09 bits per heavy atom. The highest BCUT2D eigenvalue weighted by molar-refractivity contribution is 6.61. The van der Waals surface area contributed by atoms with E-state index in [1.165, 1.54) is 0 Å². The molecule has 2 aromatic carbocycles. The van der Waals surface area contributed by atoms with Crippen LogP contribution in [-0.2, 0) is 11.3 Å². The summed E-state index contributed by atoms with van der Waals surface area (Å²) in [5.41, 5.74) is 3.97. The Morgan fingerprint density at radius 3 is 2.74 bits per heavy atom. The second kappa shape index (κ2) is 5.54. The van der Waals surface area contributed by atoms with Gasteiger partial charge in [-0.3, -0.25) is 4.79 Å². The molecule has 1 N–H and O–H groups in total. The van der Waals surface area contributed by atoms with Crippen LogP contribution < -0.4 is 5.46 Å². The summed E-state index contributed by atoms with van der Waals surface area (Å²) in [4.78, 5) is 12.5. The molecular weight excluding hydrogens is 289 g/mol. The topological polar surface area (TPSA) is 51.5 Å². The Kier molecular flexibility index (Phi) is 3.37. The van der Waals surface area contributed by atoms with Crippen LogP contribution in [0.3, 0.4) is 0 Å². The Hall–Kier alpha value is -2.63. The number of aromatic nitrogens is 1. The SMILES string of the molecule is O=C(c1ccccc1)c1ccn(-c2ccc3c(c2)B(O)OC3)c1. The predicted octanol–water partition coefficient (Wildman–Crippen LogP) is 1.93. The van der Waals surface area contributed by atoms with Crippen LogP contribution in [-0.4, -0.2) is 22.5 Å². The second-order valence-corrected chi connectivity index (χ2v) is 5.55. The quantitative estimate of drug-likeness (QED) is 0.594. The van der Waals surface area contributed by atoms with E-state index < -0.39 is 7.12 Å². The summed E-state index contributed by atoms with van der Waals surface area (Å²) < 4.78 is 7.08. The van der Waals surface area contributed by atoms with Gasteiger partial charge < -0.3 is 14.2 Å². The Balaban J connectivity index is 1.66. The predicted molar refractivity (Wildman–Crippen MR) is 88.0 cm³/mol. The molecule has 112 valence electrons. The summed E-state index contributed by atoms with van der Waals surface area (Å²) in [5.74, 6) is -0.00567. The molecule has 0 saturated carbocycles. The van der Waals surface area contributed by atoms with Gasteiger partial charge in [-0.2, -0.15) is 0 Å². The molecule has 0 fully saturated rings. The molecule has 1 aliphatic rings. The normalized spacial score (nSPS) is 13.2. The third-order valence-electron chi connectivity index (χ3n) is 4.08. The van der Waals surface area contributed by atoms with Crippen LogP contribution in [0.2, 0.25) is 0 Å². The average Bonchev–Trinajstić information content (AvgIpc) is 3.22. The molecule has 0 amide bonds. The van der Waals surface area contributed by atoms with Crippen LogP contribution in [0.5, 0.6) is 0 Å². The first kappa shape index (κ1) is 14.0. The zero-order valence-electron chi connectivity index (χ0n) is 12.3. The van der Waals surface area contributed by atoms with Gasteiger partial charge in [-0.15, -0.1) is 0 Å². The van der Waals surface area contributed by atoms with Crippen molar-refractivity contribution in [1.82, 2.24) is 4.57 Å². The number of fused-ring (bicyclic) bond motifs is 1. The number of rotatable bonds is 3. The third-order valence-corrected chi connectivity index (χ3v) is 4.08. The standard InChI is InChI=1S/C18H14BNO3/c21-18(13-4-2-1-3-5-13)14-8-9-20(11-14)16-7-6-15-12-23-19(22)17(15)10-16/h1-11,22H,12H2. The number of hydrogen-bond acceptors (Lipinski definition) is 3. The van der Waals surface area contributed by atoms with Crippen molar-refractivity contribution in [3.8, 4) is 5.69 Å². The molecule has 1 aromatic heterocycles. The maximum absolute atomic E-state index is 12.5. The first-order valence-electron chi connectivity index (χ1n) is 7.43. The lowest BCUT2D eigenvalue weighted by Crippen LogP contribution is -2.28. The molecule has 1 aliphatic heterocycles. The molecular formula is C18H14BNO3. The molecule has 4 rings (SSSR count). The van der Waals surface area contributed by atoms with E-state index in [4.69, 9.17) is 4.65 Å². The Labute approximate surface area is 134 Å². The van der Waals surface area contributed by atoms with Crippen molar-refractivity contribution in [3.05, 3.63) is 83.7 Å². The summed E-state index contributed by atoms with van der Waals surface area (Å²) in [6.45, 7) is 0.431. The van der Waals surface area contributed by atoms with Crippen LogP contribution in [0.25, 0.3) is 5.69 Å². The number of benzene rings is 2. The van der Waals surface area contributed by atoms with Crippen LogP contribution in [0.15, 0.2) is 67.0 Å². The lowest BCUT2D eigenvalue weighted by molar-refractivity contribution is 0.103. The highest BCUT2D eigenvalue weighted by Gasteiger charge is 2.27. The molecule has 0 spiro atoms. The summed E-state index contributed by atoms with van der Waals surface area (Å²) in [6, 6.07) is 16.8. The van der Waals surface area contributed by atoms with Crippen LogP contribution in [0.1, 0.15) is 21.5 Å². The third kappa shape index (κ3) is 2.50. The van der Waals surface area contributed by atoms with Crippen molar-refractivity contribution in [2.45, 2.75) is 6.61 Å². The lowest BCUT2D eigenvalue weighted by atomic mass is 9.79. The number of carbonyl (C=O) groups excluding carboxylic acids is 1. The molecule has 0 bridgehead atoms. The average molecular weight is 303 g/mol. The van der Waals surface area contributed by atoms with Crippen LogP contribution in [0, 0.1) is 0 Å². The van der Waals surface area contributed by atoms with Crippen LogP contribution >= 0.6 is 0 Å². The van der Waals surface area contributed by atoms with E-state index in [-0.39, 0.29) is 5.78 Å². The van der Waals surface area contributed by atoms with Crippen molar-refractivity contribution in [2.24, 2.45) is 0 Å². The van der Waals surface area contributed by atoms with Gasteiger partial charge >= 0.3 is 7.12 Å². The van der Waals surface area contributed by atoms with E-state index in [9.17, 15) is 9.82 Å². The molecule has 4 nitrogen and oxygen atoms in total. The van der Waals surface area contributed by atoms with Gasteiger partial charge in [0.05, 0.1) is 6.61 Å². The van der Waals surface area contributed by atoms with Gasteiger partial charge in [-0.25, -0.2) is 0 Å². The summed E-state index contributed by atoms with van der Waals surface area (Å²) in [7, 11) is -0.870. The Morgan fingerprint density at radius 2 is 1.91 bits per heavy atom. The monoisotopic (exact) mass is 303 g/mol. The smallest absolute Gasteiger partial charge is 0.423 e. The molecule has 0 radical (unpaired) electrons. The fraction of sp³-hybridized carbons (Fsp3) is 0.0556. The first-order chi connectivity index (χ1) is 11.2. The summed E-state index contributed by atoms with van der Waals surface area (Å²) >= 11 is 0. The Bertz CT molecular complexity index is 873. The maximum atomic E-state index is 12.5.